The first kappa shape index (κ1) is 15.5. The van der Waals surface area contributed by atoms with E-state index in [9.17, 15) is 0 Å². The summed E-state index contributed by atoms with van der Waals surface area (Å²) in [6.45, 7) is 4.75. The molecular formula is C9H20IN3. The molecule has 0 fully saturated rings. The van der Waals surface area contributed by atoms with Crippen LogP contribution >= 0.6 is 0 Å². The van der Waals surface area contributed by atoms with E-state index in [4.69, 9.17) is 0 Å². The standard InChI is InChI=1S/C9H20N3.HI/c1-5-10-9-11-7-6-8-12(2,3)4;/h5-8H2,1-4H3;1H/q+1;/p-1. The smallest absolute Gasteiger partial charge is 0.0892 e. The first-order valence-corrected chi connectivity index (χ1v) is 4.44. The molecule has 0 aliphatic heterocycles. The van der Waals surface area contributed by atoms with Gasteiger partial charge >= 0.3 is 0 Å². The first-order chi connectivity index (χ1) is 5.56. The van der Waals surface area contributed by atoms with E-state index >= 15 is 0 Å². The van der Waals surface area contributed by atoms with Crippen LogP contribution in [0, 0.1) is 0 Å². The van der Waals surface area contributed by atoms with Crippen LogP contribution in [0.2, 0.25) is 0 Å². The average Bonchev–Trinajstić information content (AvgIpc) is 1.94. The van der Waals surface area contributed by atoms with E-state index in [1.807, 2.05) is 6.92 Å². The van der Waals surface area contributed by atoms with Gasteiger partial charge in [-0.15, -0.1) is 0 Å². The van der Waals surface area contributed by atoms with Crippen LogP contribution < -0.4 is 24.0 Å². The Bertz CT molecular complexity index is 166. The van der Waals surface area contributed by atoms with E-state index in [0.717, 1.165) is 30.5 Å². The lowest BCUT2D eigenvalue weighted by Gasteiger charge is -2.22. The van der Waals surface area contributed by atoms with E-state index in [1.54, 1.807) is 0 Å². The maximum Gasteiger partial charge on any atom is 0.0892 e. The minimum absolute atomic E-state index is 0. The molecule has 0 saturated heterocycles. The van der Waals surface area contributed by atoms with Gasteiger partial charge in [0.15, 0.2) is 0 Å². The SMILES string of the molecule is CCN=C=NCCC[N+](C)(C)C.[I-]. The number of nitrogens with zero attached hydrogens (tertiary/aromatic N) is 3. The molecule has 0 bridgehead atoms. The van der Waals surface area contributed by atoms with Crippen molar-refractivity contribution >= 4 is 6.01 Å². The molecule has 0 radical (unpaired) electrons. The molecule has 0 N–H and O–H groups in total. The normalized spacial score (nSPS) is 9.85. The van der Waals surface area contributed by atoms with Crippen LogP contribution in [0.1, 0.15) is 13.3 Å². The fourth-order valence-corrected chi connectivity index (χ4v) is 0.795. The molecule has 78 valence electrons. The highest BCUT2D eigenvalue weighted by Crippen LogP contribution is 1.92. The van der Waals surface area contributed by atoms with E-state index in [1.165, 1.54) is 0 Å². The molecule has 0 aromatic rings. The van der Waals surface area contributed by atoms with Gasteiger partial charge in [-0.1, -0.05) is 0 Å². The molecule has 3 nitrogen and oxygen atoms in total. The van der Waals surface area contributed by atoms with Crippen LogP contribution in [0.4, 0.5) is 0 Å². The van der Waals surface area contributed by atoms with Crippen molar-refractivity contribution < 1.29 is 28.5 Å². The van der Waals surface area contributed by atoms with Gasteiger partial charge in [-0.05, 0) is 6.92 Å². The number of rotatable bonds is 5. The van der Waals surface area contributed by atoms with Crippen molar-refractivity contribution in [1.82, 2.24) is 0 Å². The van der Waals surface area contributed by atoms with Gasteiger partial charge in [0.25, 0.3) is 0 Å². The Hall–Kier alpha value is 0.0700. The Labute approximate surface area is 98.6 Å². The second-order valence-corrected chi connectivity index (χ2v) is 3.82. The van der Waals surface area contributed by atoms with E-state index in [0.29, 0.717) is 0 Å². The Morgan fingerprint density at radius 3 is 2.23 bits per heavy atom. The van der Waals surface area contributed by atoms with Crippen LogP contribution in [-0.2, 0) is 0 Å². The third kappa shape index (κ3) is 14.9. The minimum Gasteiger partial charge on any atom is -1.00 e. The molecule has 0 aromatic heterocycles. The lowest BCUT2D eigenvalue weighted by Crippen LogP contribution is -3.00. The number of aliphatic imine (C=N–C) groups is 2. The van der Waals surface area contributed by atoms with Crippen molar-refractivity contribution in [3.63, 3.8) is 0 Å². The quantitative estimate of drug-likeness (QED) is 0.250. The minimum atomic E-state index is 0. The topological polar surface area (TPSA) is 24.7 Å². The summed E-state index contributed by atoms with van der Waals surface area (Å²) >= 11 is 0. The Kier molecular flexibility index (Phi) is 10.3. The summed E-state index contributed by atoms with van der Waals surface area (Å²) in [5.41, 5.74) is 0. The molecule has 0 heterocycles. The summed E-state index contributed by atoms with van der Waals surface area (Å²) in [5.74, 6) is 0. The fourth-order valence-electron chi connectivity index (χ4n) is 0.795. The number of hydrogen-bond acceptors (Lipinski definition) is 2. The highest BCUT2D eigenvalue weighted by atomic mass is 127. The van der Waals surface area contributed by atoms with Crippen LogP contribution in [-0.4, -0.2) is 51.3 Å². The van der Waals surface area contributed by atoms with E-state index < -0.39 is 0 Å². The first-order valence-electron chi connectivity index (χ1n) is 4.44. The molecule has 0 rings (SSSR count). The lowest BCUT2D eigenvalue weighted by molar-refractivity contribution is -0.870. The van der Waals surface area contributed by atoms with Crippen LogP contribution in [0.5, 0.6) is 0 Å². The number of halogens is 1. The molecule has 0 spiro atoms. The molecule has 0 atom stereocenters. The number of quaternary nitrogens is 1. The molecule has 0 aliphatic rings. The van der Waals surface area contributed by atoms with Crippen molar-refractivity contribution in [1.29, 1.82) is 0 Å². The summed E-state index contributed by atoms with van der Waals surface area (Å²) in [6, 6.07) is 2.66. The molecule has 0 aromatic carbocycles. The summed E-state index contributed by atoms with van der Waals surface area (Å²) in [6.07, 6.45) is 1.11. The predicted molar refractivity (Wildman–Crippen MR) is 52.8 cm³/mol. The van der Waals surface area contributed by atoms with Gasteiger partial charge in [0.2, 0.25) is 0 Å². The van der Waals surface area contributed by atoms with E-state index in [2.05, 4.69) is 37.1 Å². The van der Waals surface area contributed by atoms with Gasteiger partial charge in [0.1, 0.15) is 0 Å². The van der Waals surface area contributed by atoms with Crippen molar-refractivity contribution in [3.8, 4) is 0 Å². The zero-order valence-electron chi connectivity index (χ0n) is 9.05. The molecule has 0 amide bonds. The summed E-state index contributed by atoms with van der Waals surface area (Å²) in [4.78, 5) is 7.92. The molecular weight excluding hydrogens is 277 g/mol. The van der Waals surface area contributed by atoms with Crippen LogP contribution in [0.25, 0.3) is 0 Å². The fraction of sp³-hybridized carbons (Fsp3) is 0.889. The van der Waals surface area contributed by atoms with E-state index in [-0.39, 0.29) is 24.0 Å². The van der Waals surface area contributed by atoms with Crippen LogP contribution in [0.15, 0.2) is 9.98 Å². The van der Waals surface area contributed by atoms with Crippen molar-refractivity contribution in [2.75, 3.05) is 40.8 Å². The van der Waals surface area contributed by atoms with Crippen LogP contribution in [0.3, 0.4) is 0 Å². The average molecular weight is 297 g/mol. The second-order valence-electron chi connectivity index (χ2n) is 3.82. The maximum absolute atomic E-state index is 4.04. The Morgan fingerprint density at radius 1 is 1.15 bits per heavy atom. The van der Waals surface area contributed by atoms with Gasteiger partial charge in [0, 0.05) is 13.0 Å². The predicted octanol–water partition coefficient (Wildman–Crippen LogP) is -1.72. The summed E-state index contributed by atoms with van der Waals surface area (Å²) < 4.78 is 1.00. The van der Waals surface area contributed by atoms with Gasteiger partial charge in [0.05, 0.1) is 40.2 Å². The van der Waals surface area contributed by atoms with Gasteiger partial charge in [-0.2, -0.15) is 0 Å². The zero-order valence-corrected chi connectivity index (χ0v) is 11.2. The molecule has 0 aliphatic carbocycles. The summed E-state index contributed by atoms with van der Waals surface area (Å²) in [7, 11) is 6.55. The Balaban J connectivity index is 0. The lowest BCUT2D eigenvalue weighted by atomic mass is 10.4. The molecule has 13 heavy (non-hydrogen) atoms. The van der Waals surface area contributed by atoms with Gasteiger partial charge < -0.3 is 28.5 Å². The van der Waals surface area contributed by atoms with Crippen molar-refractivity contribution in [2.45, 2.75) is 13.3 Å². The van der Waals surface area contributed by atoms with Gasteiger partial charge in [-0.25, -0.2) is 9.98 Å². The zero-order chi connectivity index (χ0) is 9.45. The second kappa shape index (κ2) is 8.66. The molecule has 0 unspecified atom stereocenters. The third-order valence-corrected chi connectivity index (χ3v) is 1.40. The maximum atomic E-state index is 4.04. The number of hydrogen-bond donors (Lipinski definition) is 0. The monoisotopic (exact) mass is 297 g/mol. The largest absolute Gasteiger partial charge is 1.00 e. The third-order valence-electron chi connectivity index (χ3n) is 1.40. The van der Waals surface area contributed by atoms with Crippen molar-refractivity contribution in [2.24, 2.45) is 9.98 Å². The van der Waals surface area contributed by atoms with Gasteiger partial charge in [-0.3, -0.25) is 0 Å². The highest BCUT2D eigenvalue weighted by Gasteiger charge is 2.04. The highest BCUT2D eigenvalue weighted by molar-refractivity contribution is 5.40. The Morgan fingerprint density at radius 2 is 1.77 bits per heavy atom. The summed E-state index contributed by atoms with van der Waals surface area (Å²) in [5, 5.41) is 0. The molecule has 4 heteroatoms. The molecule has 0 saturated carbocycles. The van der Waals surface area contributed by atoms with Crippen molar-refractivity contribution in [3.05, 3.63) is 0 Å².